The summed E-state index contributed by atoms with van der Waals surface area (Å²) in [5.74, 6) is -0.872. The molecule has 23 heavy (non-hydrogen) atoms. The standard InChI is InChI=1S/C18H14ClNO2.ClH/c1-11-14(10-17(21)22)18(12-5-3-2-4-6-12)15-9-13(19)7-8-16(15)20-11;/h2-9H,10H2,1H3,(H,21,22);1H. The maximum absolute atomic E-state index is 11.3. The van der Waals surface area contributed by atoms with Crippen LogP contribution in [0.4, 0.5) is 0 Å². The van der Waals surface area contributed by atoms with Gasteiger partial charge in [-0.2, -0.15) is 0 Å². The summed E-state index contributed by atoms with van der Waals surface area (Å²) in [7, 11) is 0. The Balaban J connectivity index is 0.00000192. The zero-order valence-electron chi connectivity index (χ0n) is 12.4. The smallest absolute Gasteiger partial charge is 0.307 e. The number of aryl methyl sites for hydroxylation is 1. The molecular formula is C18H15Cl2NO2. The SMILES string of the molecule is Cc1nc2ccc(Cl)cc2c(-c2ccccc2)c1CC(=O)O.Cl. The zero-order chi connectivity index (χ0) is 15.7. The van der Waals surface area contributed by atoms with Gasteiger partial charge in [-0.25, -0.2) is 0 Å². The van der Waals surface area contributed by atoms with Crippen LogP contribution >= 0.6 is 24.0 Å². The minimum absolute atomic E-state index is 0. The second kappa shape index (κ2) is 6.99. The van der Waals surface area contributed by atoms with Crippen LogP contribution in [-0.4, -0.2) is 16.1 Å². The number of carbonyl (C=O) groups is 1. The monoisotopic (exact) mass is 347 g/mol. The third-order valence-electron chi connectivity index (χ3n) is 3.65. The van der Waals surface area contributed by atoms with Crippen molar-refractivity contribution in [3.8, 4) is 11.1 Å². The fourth-order valence-corrected chi connectivity index (χ4v) is 2.87. The second-order valence-electron chi connectivity index (χ2n) is 5.15. The van der Waals surface area contributed by atoms with Gasteiger partial charge >= 0.3 is 5.97 Å². The lowest BCUT2D eigenvalue weighted by molar-refractivity contribution is -0.136. The molecule has 0 bridgehead atoms. The molecule has 3 rings (SSSR count). The number of carboxylic acid groups (broad SMARTS) is 1. The molecule has 118 valence electrons. The number of benzene rings is 2. The number of pyridine rings is 1. The quantitative estimate of drug-likeness (QED) is 0.731. The Kier molecular flexibility index (Phi) is 5.24. The molecule has 0 aliphatic carbocycles. The van der Waals surface area contributed by atoms with E-state index in [2.05, 4.69) is 4.98 Å². The topological polar surface area (TPSA) is 50.2 Å². The van der Waals surface area contributed by atoms with Crippen LogP contribution in [0.2, 0.25) is 5.02 Å². The predicted octanol–water partition coefficient (Wildman–Crippen LogP) is 4.91. The first kappa shape index (κ1) is 17.3. The van der Waals surface area contributed by atoms with Gasteiger partial charge in [0.1, 0.15) is 0 Å². The first-order chi connectivity index (χ1) is 10.6. The highest BCUT2D eigenvalue weighted by Crippen LogP contribution is 2.34. The van der Waals surface area contributed by atoms with E-state index < -0.39 is 5.97 Å². The lowest BCUT2D eigenvalue weighted by Crippen LogP contribution is -2.06. The molecule has 1 heterocycles. The molecule has 0 radical (unpaired) electrons. The highest BCUT2D eigenvalue weighted by atomic mass is 35.5. The van der Waals surface area contributed by atoms with Crippen molar-refractivity contribution in [1.82, 2.24) is 4.98 Å². The maximum atomic E-state index is 11.3. The van der Waals surface area contributed by atoms with Crippen molar-refractivity contribution < 1.29 is 9.90 Å². The average Bonchev–Trinajstić information content (AvgIpc) is 2.49. The van der Waals surface area contributed by atoms with E-state index in [0.717, 1.165) is 33.3 Å². The summed E-state index contributed by atoms with van der Waals surface area (Å²) in [5, 5.41) is 10.7. The van der Waals surface area contributed by atoms with E-state index in [-0.39, 0.29) is 18.8 Å². The van der Waals surface area contributed by atoms with Gasteiger partial charge in [0, 0.05) is 16.1 Å². The van der Waals surface area contributed by atoms with E-state index in [1.807, 2.05) is 49.4 Å². The molecule has 0 aliphatic rings. The molecule has 0 aliphatic heterocycles. The zero-order valence-corrected chi connectivity index (χ0v) is 14.0. The van der Waals surface area contributed by atoms with Gasteiger partial charge in [0.05, 0.1) is 11.9 Å². The van der Waals surface area contributed by atoms with Crippen LogP contribution in [0, 0.1) is 6.92 Å². The molecule has 3 aromatic rings. The minimum atomic E-state index is -0.872. The number of nitrogens with zero attached hydrogens (tertiary/aromatic N) is 1. The van der Waals surface area contributed by atoms with Gasteiger partial charge in [-0.1, -0.05) is 41.9 Å². The van der Waals surface area contributed by atoms with Gasteiger partial charge in [0.2, 0.25) is 0 Å². The Bertz CT molecular complexity index is 864. The average molecular weight is 348 g/mol. The molecule has 5 heteroatoms. The van der Waals surface area contributed by atoms with E-state index >= 15 is 0 Å². The van der Waals surface area contributed by atoms with Crippen molar-refractivity contribution in [2.24, 2.45) is 0 Å². The van der Waals surface area contributed by atoms with Gasteiger partial charge < -0.3 is 5.11 Å². The molecule has 2 aromatic carbocycles. The van der Waals surface area contributed by atoms with Gasteiger partial charge in [-0.3, -0.25) is 9.78 Å². The fraction of sp³-hybridized carbons (Fsp3) is 0.111. The van der Waals surface area contributed by atoms with Gasteiger partial charge in [-0.05, 0) is 41.8 Å². The molecular weight excluding hydrogens is 333 g/mol. The molecule has 1 aromatic heterocycles. The normalized spacial score (nSPS) is 10.3. The van der Waals surface area contributed by atoms with Crippen LogP contribution in [0.1, 0.15) is 11.3 Å². The van der Waals surface area contributed by atoms with E-state index in [0.29, 0.717) is 5.02 Å². The number of carboxylic acids is 1. The minimum Gasteiger partial charge on any atom is -0.481 e. The van der Waals surface area contributed by atoms with Crippen LogP contribution in [0.25, 0.3) is 22.0 Å². The predicted molar refractivity (Wildman–Crippen MR) is 95.5 cm³/mol. The highest BCUT2D eigenvalue weighted by Gasteiger charge is 2.17. The van der Waals surface area contributed by atoms with Crippen molar-refractivity contribution in [1.29, 1.82) is 0 Å². The lowest BCUT2D eigenvalue weighted by Gasteiger charge is -2.15. The Hall–Kier alpha value is -2.10. The summed E-state index contributed by atoms with van der Waals surface area (Å²) >= 11 is 6.13. The summed E-state index contributed by atoms with van der Waals surface area (Å²) in [6.07, 6.45) is -0.0640. The van der Waals surface area contributed by atoms with Crippen molar-refractivity contribution in [3.63, 3.8) is 0 Å². The molecule has 0 saturated heterocycles. The number of aromatic nitrogens is 1. The number of hydrogen-bond donors (Lipinski definition) is 1. The highest BCUT2D eigenvalue weighted by molar-refractivity contribution is 6.31. The van der Waals surface area contributed by atoms with Crippen LogP contribution in [-0.2, 0) is 11.2 Å². The Morgan fingerprint density at radius 2 is 1.87 bits per heavy atom. The largest absolute Gasteiger partial charge is 0.481 e. The number of fused-ring (bicyclic) bond motifs is 1. The Morgan fingerprint density at radius 3 is 2.52 bits per heavy atom. The lowest BCUT2D eigenvalue weighted by atomic mass is 9.93. The second-order valence-corrected chi connectivity index (χ2v) is 5.59. The van der Waals surface area contributed by atoms with E-state index in [1.165, 1.54) is 0 Å². The van der Waals surface area contributed by atoms with Gasteiger partial charge in [0.15, 0.2) is 0 Å². The Labute approximate surface area is 145 Å². The summed E-state index contributed by atoms with van der Waals surface area (Å²) in [6.45, 7) is 1.85. The van der Waals surface area contributed by atoms with Crippen LogP contribution in [0.3, 0.4) is 0 Å². The van der Waals surface area contributed by atoms with Crippen molar-refractivity contribution in [2.45, 2.75) is 13.3 Å². The third-order valence-corrected chi connectivity index (χ3v) is 3.88. The van der Waals surface area contributed by atoms with E-state index in [4.69, 9.17) is 11.6 Å². The van der Waals surface area contributed by atoms with Crippen molar-refractivity contribution in [3.05, 3.63) is 64.8 Å². The molecule has 0 saturated carbocycles. The molecule has 0 spiro atoms. The van der Waals surface area contributed by atoms with E-state index in [1.54, 1.807) is 6.07 Å². The molecule has 0 amide bonds. The number of aliphatic carboxylic acids is 1. The van der Waals surface area contributed by atoms with Crippen LogP contribution in [0.15, 0.2) is 48.5 Å². The fourth-order valence-electron chi connectivity index (χ4n) is 2.70. The van der Waals surface area contributed by atoms with Crippen LogP contribution < -0.4 is 0 Å². The summed E-state index contributed by atoms with van der Waals surface area (Å²) < 4.78 is 0. The molecule has 1 N–H and O–H groups in total. The number of hydrogen-bond acceptors (Lipinski definition) is 2. The molecule has 0 unspecified atom stereocenters. The molecule has 0 fully saturated rings. The maximum Gasteiger partial charge on any atom is 0.307 e. The van der Waals surface area contributed by atoms with Gasteiger partial charge in [0.25, 0.3) is 0 Å². The summed E-state index contributed by atoms with van der Waals surface area (Å²) in [6, 6.07) is 15.3. The summed E-state index contributed by atoms with van der Waals surface area (Å²) in [5.41, 5.74) is 4.14. The number of halogens is 2. The molecule has 0 atom stereocenters. The number of rotatable bonds is 3. The molecule has 3 nitrogen and oxygen atoms in total. The van der Waals surface area contributed by atoms with Crippen molar-refractivity contribution >= 4 is 40.9 Å². The van der Waals surface area contributed by atoms with Crippen molar-refractivity contribution in [2.75, 3.05) is 0 Å². The van der Waals surface area contributed by atoms with E-state index in [9.17, 15) is 9.90 Å². The van der Waals surface area contributed by atoms with Gasteiger partial charge in [-0.15, -0.1) is 12.4 Å². The Morgan fingerprint density at radius 1 is 1.17 bits per heavy atom. The van der Waals surface area contributed by atoms with Crippen LogP contribution in [0.5, 0.6) is 0 Å². The summed E-state index contributed by atoms with van der Waals surface area (Å²) in [4.78, 5) is 15.8. The first-order valence-electron chi connectivity index (χ1n) is 6.92. The first-order valence-corrected chi connectivity index (χ1v) is 7.30. The third kappa shape index (κ3) is 3.46.